The predicted octanol–water partition coefficient (Wildman–Crippen LogP) is 2.40. The third kappa shape index (κ3) is 1.77. The summed E-state index contributed by atoms with van der Waals surface area (Å²) in [6.45, 7) is 3.58. The van der Waals surface area contributed by atoms with Crippen LogP contribution in [0.5, 0.6) is 0 Å². The van der Waals surface area contributed by atoms with Crippen LogP contribution >= 0.6 is 0 Å². The van der Waals surface area contributed by atoms with Gasteiger partial charge in [-0.1, -0.05) is 24.6 Å². The van der Waals surface area contributed by atoms with E-state index < -0.39 is 17.2 Å². The fourth-order valence-electron chi connectivity index (χ4n) is 1.28. The first kappa shape index (κ1) is 10.3. The Morgan fingerprint density at radius 3 is 2.23 bits per heavy atom. The van der Waals surface area contributed by atoms with Gasteiger partial charge in [-0.2, -0.15) is 13.2 Å². The van der Waals surface area contributed by atoms with Crippen molar-refractivity contribution in [3.63, 3.8) is 0 Å². The molecule has 0 bridgehead atoms. The van der Waals surface area contributed by atoms with Gasteiger partial charge in [0.05, 0.1) is 5.57 Å². The number of alkyl halides is 3. The Morgan fingerprint density at radius 1 is 1.46 bits per heavy atom. The van der Waals surface area contributed by atoms with Crippen LogP contribution < -0.4 is 5.73 Å². The zero-order valence-corrected chi connectivity index (χ0v) is 7.57. The first-order valence-corrected chi connectivity index (χ1v) is 3.98. The summed E-state index contributed by atoms with van der Waals surface area (Å²) in [6, 6.07) is 0. The SMILES string of the molecule is CC1=CC(C(F)(F)F)=CC1(C)CN. The highest BCUT2D eigenvalue weighted by Gasteiger charge is 2.39. The van der Waals surface area contributed by atoms with E-state index in [9.17, 15) is 13.2 Å². The lowest BCUT2D eigenvalue weighted by Gasteiger charge is -2.21. The number of hydrogen-bond donors (Lipinski definition) is 1. The minimum Gasteiger partial charge on any atom is -0.329 e. The molecule has 1 rings (SSSR count). The third-order valence-electron chi connectivity index (χ3n) is 2.50. The van der Waals surface area contributed by atoms with Crippen molar-refractivity contribution in [3.8, 4) is 0 Å². The molecule has 1 nitrogen and oxygen atoms in total. The van der Waals surface area contributed by atoms with Gasteiger partial charge in [0.2, 0.25) is 0 Å². The molecule has 0 aromatic carbocycles. The first-order chi connectivity index (χ1) is 5.79. The van der Waals surface area contributed by atoms with Gasteiger partial charge in [-0.15, -0.1) is 0 Å². The van der Waals surface area contributed by atoms with Gasteiger partial charge in [0.1, 0.15) is 0 Å². The maximum absolute atomic E-state index is 12.3. The molecule has 1 atom stereocenters. The highest BCUT2D eigenvalue weighted by atomic mass is 19.4. The van der Waals surface area contributed by atoms with E-state index in [1.165, 1.54) is 6.08 Å². The zero-order chi connectivity index (χ0) is 10.3. The zero-order valence-electron chi connectivity index (χ0n) is 7.57. The molecule has 13 heavy (non-hydrogen) atoms. The van der Waals surface area contributed by atoms with Crippen LogP contribution in [0.4, 0.5) is 13.2 Å². The van der Waals surface area contributed by atoms with Gasteiger partial charge in [0, 0.05) is 12.0 Å². The van der Waals surface area contributed by atoms with Crippen molar-refractivity contribution in [1.29, 1.82) is 0 Å². The highest BCUT2D eigenvalue weighted by molar-refractivity contribution is 5.41. The van der Waals surface area contributed by atoms with Gasteiger partial charge < -0.3 is 5.73 Å². The normalized spacial score (nSPS) is 28.8. The van der Waals surface area contributed by atoms with Crippen LogP contribution in [0.3, 0.4) is 0 Å². The average Bonchev–Trinajstić information content (AvgIpc) is 2.29. The molecule has 0 fully saturated rings. The minimum absolute atomic E-state index is 0.203. The summed E-state index contributed by atoms with van der Waals surface area (Å²) in [5.74, 6) is 0. The molecule has 4 heteroatoms. The van der Waals surface area contributed by atoms with E-state index in [4.69, 9.17) is 5.73 Å². The third-order valence-corrected chi connectivity index (χ3v) is 2.50. The number of hydrogen-bond acceptors (Lipinski definition) is 1. The molecular formula is C9H12F3N. The van der Waals surface area contributed by atoms with E-state index in [1.807, 2.05) is 0 Å². The van der Waals surface area contributed by atoms with E-state index >= 15 is 0 Å². The van der Waals surface area contributed by atoms with E-state index in [-0.39, 0.29) is 6.54 Å². The van der Waals surface area contributed by atoms with Crippen LogP contribution in [0.2, 0.25) is 0 Å². The fourth-order valence-corrected chi connectivity index (χ4v) is 1.28. The van der Waals surface area contributed by atoms with Crippen molar-refractivity contribution in [2.24, 2.45) is 11.1 Å². The standard InChI is InChI=1S/C9H12F3N/c1-6-3-7(9(10,11)12)4-8(6,2)5-13/h3-4H,5,13H2,1-2H3. The van der Waals surface area contributed by atoms with Gasteiger partial charge in [0.25, 0.3) is 0 Å². The van der Waals surface area contributed by atoms with Gasteiger partial charge >= 0.3 is 6.18 Å². The second kappa shape index (κ2) is 2.87. The summed E-state index contributed by atoms with van der Waals surface area (Å²) in [7, 11) is 0. The van der Waals surface area contributed by atoms with Crippen LogP contribution in [-0.4, -0.2) is 12.7 Å². The van der Waals surface area contributed by atoms with Crippen LogP contribution in [0, 0.1) is 5.41 Å². The Labute approximate surface area is 75.1 Å². The quantitative estimate of drug-likeness (QED) is 0.676. The summed E-state index contributed by atoms with van der Waals surface area (Å²) < 4.78 is 36.8. The van der Waals surface area contributed by atoms with Crippen molar-refractivity contribution in [2.75, 3.05) is 6.54 Å². The summed E-state index contributed by atoms with van der Waals surface area (Å²) in [6.07, 6.45) is -1.90. The molecule has 0 aromatic heterocycles. The number of rotatable bonds is 1. The molecule has 0 saturated heterocycles. The highest BCUT2D eigenvalue weighted by Crippen LogP contribution is 2.41. The second-order valence-corrected chi connectivity index (χ2v) is 3.55. The maximum Gasteiger partial charge on any atom is 0.416 e. The Kier molecular flexibility index (Phi) is 2.28. The lowest BCUT2D eigenvalue weighted by molar-refractivity contribution is -0.0883. The van der Waals surface area contributed by atoms with Crippen molar-refractivity contribution in [1.82, 2.24) is 0 Å². The molecule has 1 aliphatic carbocycles. The van der Waals surface area contributed by atoms with Gasteiger partial charge in [0.15, 0.2) is 0 Å². The summed E-state index contributed by atoms with van der Waals surface area (Å²) in [5.41, 5.74) is 4.87. The molecule has 0 spiro atoms. The average molecular weight is 191 g/mol. The van der Waals surface area contributed by atoms with E-state index in [1.54, 1.807) is 13.8 Å². The molecule has 0 heterocycles. The van der Waals surface area contributed by atoms with Crippen LogP contribution in [-0.2, 0) is 0 Å². The molecular weight excluding hydrogens is 179 g/mol. The summed E-state index contributed by atoms with van der Waals surface area (Å²) >= 11 is 0. The molecule has 1 aliphatic rings. The topological polar surface area (TPSA) is 26.0 Å². The molecule has 0 saturated carbocycles. The second-order valence-electron chi connectivity index (χ2n) is 3.55. The molecule has 74 valence electrons. The smallest absolute Gasteiger partial charge is 0.329 e. The summed E-state index contributed by atoms with van der Waals surface area (Å²) in [4.78, 5) is 0. The minimum atomic E-state index is -4.26. The Bertz CT molecular complexity index is 275. The Balaban J connectivity index is 3.03. The van der Waals surface area contributed by atoms with Gasteiger partial charge in [-0.25, -0.2) is 0 Å². The lowest BCUT2D eigenvalue weighted by Crippen LogP contribution is -2.24. The van der Waals surface area contributed by atoms with Crippen molar-refractivity contribution in [2.45, 2.75) is 20.0 Å². The number of nitrogens with two attached hydrogens (primary N) is 1. The number of allylic oxidation sites excluding steroid dienone is 2. The monoisotopic (exact) mass is 191 g/mol. The van der Waals surface area contributed by atoms with Crippen LogP contribution in [0.25, 0.3) is 0 Å². The molecule has 0 aliphatic heterocycles. The predicted molar refractivity (Wildman–Crippen MR) is 45.1 cm³/mol. The van der Waals surface area contributed by atoms with E-state index in [2.05, 4.69) is 0 Å². The van der Waals surface area contributed by atoms with Crippen molar-refractivity contribution < 1.29 is 13.2 Å². The maximum atomic E-state index is 12.3. The Morgan fingerprint density at radius 2 is 2.00 bits per heavy atom. The molecule has 0 aromatic rings. The number of halogens is 3. The molecule has 0 amide bonds. The van der Waals surface area contributed by atoms with Gasteiger partial charge in [-0.05, 0) is 6.92 Å². The van der Waals surface area contributed by atoms with Crippen molar-refractivity contribution >= 4 is 0 Å². The summed E-state index contributed by atoms with van der Waals surface area (Å²) in [5, 5.41) is 0. The van der Waals surface area contributed by atoms with Crippen LogP contribution in [0.1, 0.15) is 13.8 Å². The van der Waals surface area contributed by atoms with Crippen LogP contribution in [0.15, 0.2) is 23.3 Å². The van der Waals surface area contributed by atoms with Gasteiger partial charge in [-0.3, -0.25) is 0 Å². The molecule has 2 N–H and O–H groups in total. The first-order valence-electron chi connectivity index (χ1n) is 3.98. The lowest BCUT2D eigenvalue weighted by atomic mass is 9.86. The molecule has 1 unspecified atom stereocenters. The fraction of sp³-hybridized carbons (Fsp3) is 0.556. The Hall–Kier alpha value is -0.770. The van der Waals surface area contributed by atoms with Crippen molar-refractivity contribution in [3.05, 3.63) is 23.3 Å². The molecule has 0 radical (unpaired) electrons. The largest absolute Gasteiger partial charge is 0.416 e. The van der Waals surface area contributed by atoms with E-state index in [0.717, 1.165) is 6.08 Å². The van der Waals surface area contributed by atoms with E-state index in [0.29, 0.717) is 5.57 Å².